The van der Waals surface area contributed by atoms with Gasteiger partial charge < -0.3 is 5.73 Å². The summed E-state index contributed by atoms with van der Waals surface area (Å²) in [7, 11) is -1.37. The van der Waals surface area contributed by atoms with Gasteiger partial charge in [-0.25, -0.2) is 4.39 Å². The van der Waals surface area contributed by atoms with Gasteiger partial charge in [-0.15, -0.1) is 0 Å². The molecule has 0 heterocycles. The molecule has 0 amide bonds. The van der Waals surface area contributed by atoms with Crippen molar-refractivity contribution in [3.63, 3.8) is 0 Å². The van der Waals surface area contributed by atoms with E-state index in [2.05, 4.69) is 0 Å². The third-order valence-corrected chi connectivity index (χ3v) is 4.25. The molecule has 3 atom stereocenters. The molecule has 0 fully saturated rings. The molecule has 0 saturated heterocycles. The summed E-state index contributed by atoms with van der Waals surface area (Å²) in [6.07, 6.45) is 0.737. The van der Waals surface area contributed by atoms with Gasteiger partial charge in [0.15, 0.2) is 0 Å². The Labute approximate surface area is 92.1 Å². The zero-order valence-electron chi connectivity index (χ0n) is 8.94. The number of benzene rings is 1. The maximum Gasteiger partial charge on any atom is 0.139 e. The van der Waals surface area contributed by atoms with Crippen LogP contribution in [0, 0.1) is 5.82 Å². The highest BCUT2D eigenvalue weighted by Gasteiger charge is 2.21. The summed E-state index contributed by atoms with van der Waals surface area (Å²) in [5.41, 5.74) is 5.79. The molecule has 0 spiro atoms. The third kappa shape index (κ3) is 2.86. The normalized spacial score (nSPS) is 17.1. The maximum atomic E-state index is 13.3. The number of halogens is 1. The predicted molar refractivity (Wildman–Crippen MR) is 60.5 cm³/mol. The van der Waals surface area contributed by atoms with Crippen molar-refractivity contribution in [2.75, 3.05) is 0 Å². The topological polar surface area (TPSA) is 43.1 Å². The first-order valence-corrected chi connectivity index (χ1v) is 6.20. The van der Waals surface area contributed by atoms with Crippen molar-refractivity contribution in [3.05, 3.63) is 30.1 Å². The van der Waals surface area contributed by atoms with Crippen LogP contribution in [0.25, 0.3) is 0 Å². The van der Waals surface area contributed by atoms with Crippen molar-refractivity contribution >= 4 is 10.8 Å². The lowest BCUT2D eigenvalue weighted by Gasteiger charge is -2.17. The van der Waals surface area contributed by atoms with Crippen LogP contribution in [0.2, 0.25) is 0 Å². The minimum Gasteiger partial charge on any atom is -0.327 e. The van der Waals surface area contributed by atoms with Gasteiger partial charge in [0, 0.05) is 6.04 Å². The van der Waals surface area contributed by atoms with Gasteiger partial charge in [-0.1, -0.05) is 19.1 Å². The largest absolute Gasteiger partial charge is 0.327 e. The molecule has 2 nitrogen and oxygen atoms in total. The molecule has 1 rings (SSSR count). The average Bonchev–Trinajstić information content (AvgIpc) is 2.26. The zero-order chi connectivity index (χ0) is 11.4. The SMILES string of the molecule is CCC(N)C(C)S(=O)c1ccccc1F. The lowest BCUT2D eigenvalue weighted by atomic mass is 10.2. The van der Waals surface area contributed by atoms with Crippen LogP contribution < -0.4 is 5.73 Å². The molecule has 15 heavy (non-hydrogen) atoms. The van der Waals surface area contributed by atoms with Gasteiger partial charge in [0.2, 0.25) is 0 Å². The second-order valence-electron chi connectivity index (χ2n) is 3.51. The first-order valence-electron chi connectivity index (χ1n) is 4.98. The van der Waals surface area contributed by atoms with E-state index in [1.165, 1.54) is 6.07 Å². The van der Waals surface area contributed by atoms with Gasteiger partial charge in [-0.05, 0) is 25.5 Å². The van der Waals surface area contributed by atoms with Crippen molar-refractivity contribution in [2.45, 2.75) is 36.5 Å². The lowest BCUT2D eigenvalue weighted by molar-refractivity contribution is 0.582. The molecule has 0 radical (unpaired) electrons. The fourth-order valence-electron chi connectivity index (χ4n) is 1.30. The summed E-state index contributed by atoms with van der Waals surface area (Å²) >= 11 is 0. The Balaban J connectivity index is 2.90. The minimum atomic E-state index is -1.37. The molecule has 1 aromatic rings. The van der Waals surface area contributed by atoms with Crippen LogP contribution in [-0.2, 0) is 10.8 Å². The molecular weight excluding hydrogens is 213 g/mol. The quantitative estimate of drug-likeness (QED) is 0.858. The molecule has 0 aliphatic carbocycles. The Morgan fingerprint density at radius 1 is 1.47 bits per heavy atom. The molecule has 1 aromatic carbocycles. The fourth-order valence-corrected chi connectivity index (χ4v) is 2.68. The zero-order valence-corrected chi connectivity index (χ0v) is 9.76. The van der Waals surface area contributed by atoms with Crippen LogP contribution in [0.1, 0.15) is 20.3 Å². The van der Waals surface area contributed by atoms with Crippen molar-refractivity contribution in [3.8, 4) is 0 Å². The highest BCUT2D eigenvalue weighted by molar-refractivity contribution is 7.85. The summed E-state index contributed by atoms with van der Waals surface area (Å²) in [4.78, 5) is 0.244. The highest BCUT2D eigenvalue weighted by Crippen LogP contribution is 2.17. The fraction of sp³-hybridized carbons (Fsp3) is 0.455. The molecule has 2 N–H and O–H groups in total. The molecule has 84 valence electrons. The number of hydrogen-bond donors (Lipinski definition) is 1. The second kappa shape index (κ2) is 5.37. The summed E-state index contributed by atoms with van der Waals surface area (Å²) in [5, 5.41) is -0.230. The molecule has 0 aromatic heterocycles. The van der Waals surface area contributed by atoms with E-state index in [1.807, 2.05) is 6.92 Å². The van der Waals surface area contributed by atoms with Gasteiger partial charge in [0.1, 0.15) is 5.82 Å². The summed E-state index contributed by atoms with van der Waals surface area (Å²) in [6.45, 7) is 3.72. The van der Waals surface area contributed by atoms with Gasteiger partial charge in [-0.2, -0.15) is 0 Å². The highest BCUT2D eigenvalue weighted by atomic mass is 32.2. The van der Waals surface area contributed by atoms with E-state index < -0.39 is 16.6 Å². The standard InChI is InChI=1S/C11H16FNOS/c1-3-10(13)8(2)15(14)11-7-5-4-6-9(11)12/h4-8,10H,3,13H2,1-2H3. The van der Waals surface area contributed by atoms with Crippen molar-refractivity contribution < 1.29 is 8.60 Å². The van der Waals surface area contributed by atoms with Gasteiger partial charge in [0.25, 0.3) is 0 Å². The Bertz CT molecular complexity index is 356. The van der Waals surface area contributed by atoms with Crippen molar-refractivity contribution in [2.24, 2.45) is 5.73 Å². The van der Waals surface area contributed by atoms with Crippen LogP contribution in [0.5, 0.6) is 0 Å². The van der Waals surface area contributed by atoms with Crippen LogP contribution in [0.15, 0.2) is 29.2 Å². The minimum absolute atomic E-state index is 0.162. The lowest BCUT2D eigenvalue weighted by Crippen LogP contribution is -2.35. The van der Waals surface area contributed by atoms with Crippen molar-refractivity contribution in [1.29, 1.82) is 0 Å². The van der Waals surface area contributed by atoms with Crippen LogP contribution in [-0.4, -0.2) is 15.5 Å². The maximum absolute atomic E-state index is 13.3. The summed E-state index contributed by atoms with van der Waals surface area (Å²) in [6, 6.07) is 5.97. The molecule has 4 heteroatoms. The molecule has 3 unspecified atom stereocenters. The summed E-state index contributed by atoms with van der Waals surface area (Å²) in [5.74, 6) is -0.425. The molecule has 0 aliphatic rings. The van der Waals surface area contributed by atoms with E-state index in [1.54, 1.807) is 25.1 Å². The van der Waals surface area contributed by atoms with E-state index in [9.17, 15) is 8.60 Å². The number of hydrogen-bond acceptors (Lipinski definition) is 2. The number of rotatable bonds is 4. The Morgan fingerprint density at radius 2 is 2.07 bits per heavy atom. The van der Waals surface area contributed by atoms with E-state index >= 15 is 0 Å². The average molecular weight is 229 g/mol. The van der Waals surface area contributed by atoms with Crippen LogP contribution in [0.4, 0.5) is 4.39 Å². The van der Waals surface area contributed by atoms with Crippen LogP contribution >= 0.6 is 0 Å². The summed E-state index contributed by atoms with van der Waals surface area (Å²) < 4.78 is 25.3. The van der Waals surface area contributed by atoms with Gasteiger partial charge in [0.05, 0.1) is 20.9 Å². The Kier molecular flexibility index (Phi) is 4.42. The molecule has 0 bridgehead atoms. The molecule has 0 saturated carbocycles. The van der Waals surface area contributed by atoms with Crippen molar-refractivity contribution in [1.82, 2.24) is 0 Å². The van der Waals surface area contributed by atoms with Crippen LogP contribution in [0.3, 0.4) is 0 Å². The molecular formula is C11H16FNOS. The van der Waals surface area contributed by atoms with E-state index in [0.29, 0.717) is 0 Å². The second-order valence-corrected chi connectivity index (χ2v) is 5.28. The van der Waals surface area contributed by atoms with Gasteiger partial charge >= 0.3 is 0 Å². The third-order valence-electron chi connectivity index (χ3n) is 2.47. The monoisotopic (exact) mass is 229 g/mol. The predicted octanol–water partition coefficient (Wildman–Crippen LogP) is 2.06. The first kappa shape index (κ1) is 12.3. The molecule has 0 aliphatic heterocycles. The number of nitrogens with two attached hydrogens (primary N) is 1. The smallest absolute Gasteiger partial charge is 0.139 e. The Morgan fingerprint density at radius 3 is 2.60 bits per heavy atom. The van der Waals surface area contributed by atoms with Gasteiger partial charge in [-0.3, -0.25) is 4.21 Å². The van der Waals surface area contributed by atoms with E-state index in [4.69, 9.17) is 5.73 Å². The first-order chi connectivity index (χ1) is 7.07. The van der Waals surface area contributed by atoms with E-state index in [-0.39, 0.29) is 16.2 Å². The van der Waals surface area contributed by atoms with E-state index in [0.717, 1.165) is 6.42 Å². The Hall–Kier alpha value is -0.740.